The number of hydrogen-bond acceptors (Lipinski definition) is 5. The third-order valence-corrected chi connectivity index (χ3v) is 4.73. The molecule has 1 heterocycles. The van der Waals surface area contributed by atoms with Gasteiger partial charge >= 0.3 is 0 Å². The van der Waals surface area contributed by atoms with Crippen LogP contribution in [0.3, 0.4) is 0 Å². The van der Waals surface area contributed by atoms with Crippen LogP contribution in [0.1, 0.15) is 26.2 Å². The highest BCUT2D eigenvalue weighted by Gasteiger charge is 2.35. The molecular formula is C10H19NO4S. The van der Waals surface area contributed by atoms with E-state index >= 15 is 0 Å². The predicted molar refractivity (Wildman–Crippen MR) is 60.9 cm³/mol. The lowest BCUT2D eigenvalue weighted by Gasteiger charge is -2.31. The Morgan fingerprint density at radius 3 is 2.44 bits per heavy atom. The van der Waals surface area contributed by atoms with E-state index in [4.69, 9.17) is 10.5 Å². The fourth-order valence-corrected chi connectivity index (χ4v) is 2.44. The van der Waals surface area contributed by atoms with E-state index in [0.29, 0.717) is 26.1 Å². The molecule has 0 atom stereocenters. The van der Waals surface area contributed by atoms with Gasteiger partial charge in [0.25, 0.3) is 0 Å². The van der Waals surface area contributed by atoms with Crippen molar-refractivity contribution >= 4 is 15.6 Å². The zero-order valence-electron chi connectivity index (χ0n) is 9.57. The summed E-state index contributed by atoms with van der Waals surface area (Å²) >= 11 is 0. The van der Waals surface area contributed by atoms with E-state index in [1.807, 2.05) is 0 Å². The summed E-state index contributed by atoms with van der Waals surface area (Å²) in [7, 11) is -3.09. The highest BCUT2D eigenvalue weighted by molar-refractivity contribution is 7.91. The number of ether oxygens (including phenoxy) is 1. The van der Waals surface area contributed by atoms with Gasteiger partial charge in [-0.3, -0.25) is 4.79 Å². The van der Waals surface area contributed by atoms with Gasteiger partial charge in [-0.05, 0) is 12.8 Å². The SMILES string of the molecule is CCS(=O)(=O)CCC(=O)C1(N)CCOCC1. The van der Waals surface area contributed by atoms with Gasteiger partial charge in [0.2, 0.25) is 0 Å². The van der Waals surface area contributed by atoms with Gasteiger partial charge in [0, 0.05) is 25.4 Å². The van der Waals surface area contributed by atoms with Gasteiger partial charge in [-0.2, -0.15) is 0 Å². The number of Topliss-reactive ketones (excluding diaryl/α,β-unsaturated/α-hetero) is 1. The van der Waals surface area contributed by atoms with E-state index in [2.05, 4.69) is 0 Å². The van der Waals surface area contributed by atoms with Crippen LogP contribution in [-0.2, 0) is 19.4 Å². The van der Waals surface area contributed by atoms with Crippen molar-refractivity contribution in [3.63, 3.8) is 0 Å². The molecule has 0 aromatic heterocycles. The number of sulfone groups is 1. The van der Waals surface area contributed by atoms with Crippen molar-refractivity contribution in [1.29, 1.82) is 0 Å². The van der Waals surface area contributed by atoms with Crippen LogP contribution in [0.25, 0.3) is 0 Å². The summed E-state index contributed by atoms with van der Waals surface area (Å²) in [4.78, 5) is 11.8. The Bertz CT molecular complexity index is 344. The smallest absolute Gasteiger partial charge is 0.153 e. The number of rotatable bonds is 5. The van der Waals surface area contributed by atoms with Crippen molar-refractivity contribution in [2.75, 3.05) is 24.7 Å². The lowest BCUT2D eigenvalue weighted by Crippen LogP contribution is -2.52. The summed E-state index contributed by atoms with van der Waals surface area (Å²) in [6.45, 7) is 2.53. The number of carbonyl (C=O) groups excluding carboxylic acids is 1. The van der Waals surface area contributed by atoms with Crippen molar-refractivity contribution in [3.8, 4) is 0 Å². The largest absolute Gasteiger partial charge is 0.381 e. The first kappa shape index (κ1) is 13.6. The lowest BCUT2D eigenvalue weighted by atomic mass is 9.86. The standard InChI is InChI=1S/C10H19NO4S/c1-2-16(13,14)8-3-9(12)10(11)4-6-15-7-5-10/h2-8,11H2,1H3. The summed E-state index contributed by atoms with van der Waals surface area (Å²) in [5.41, 5.74) is 5.08. The van der Waals surface area contributed by atoms with Crippen molar-refractivity contribution in [2.45, 2.75) is 31.7 Å². The minimum atomic E-state index is -3.09. The minimum absolute atomic E-state index is 0.0205. The molecule has 1 saturated heterocycles. The number of carbonyl (C=O) groups is 1. The van der Waals surface area contributed by atoms with Crippen molar-refractivity contribution in [2.24, 2.45) is 5.73 Å². The Hall–Kier alpha value is -0.460. The molecule has 2 N–H and O–H groups in total. The van der Waals surface area contributed by atoms with Gasteiger partial charge in [-0.1, -0.05) is 6.92 Å². The van der Waals surface area contributed by atoms with E-state index in [0.717, 1.165) is 0 Å². The molecule has 5 nitrogen and oxygen atoms in total. The van der Waals surface area contributed by atoms with Gasteiger partial charge in [-0.15, -0.1) is 0 Å². The molecule has 0 aromatic rings. The Balaban J connectivity index is 2.52. The van der Waals surface area contributed by atoms with Crippen LogP contribution in [0.15, 0.2) is 0 Å². The van der Waals surface area contributed by atoms with Crippen LogP contribution >= 0.6 is 0 Å². The van der Waals surface area contributed by atoms with Crippen LogP contribution in [0.4, 0.5) is 0 Å². The topological polar surface area (TPSA) is 86.5 Å². The molecule has 1 aliphatic rings. The van der Waals surface area contributed by atoms with Crippen molar-refractivity contribution < 1.29 is 17.9 Å². The van der Waals surface area contributed by atoms with E-state index in [9.17, 15) is 13.2 Å². The molecule has 0 aromatic carbocycles. The Morgan fingerprint density at radius 1 is 1.38 bits per heavy atom. The third kappa shape index (κ3) is 3.54. The van der Waals surface area contributed by atoms with E-state index in [1.54, 1.807) is 6.92 Å². The Morgan fingerprint density at radius 2 is 1.94 bits per heavy atom. The number of hydrogen-bond donors (Lipinski definition) is 1. The summed E-state index contributed by atoms with van der Waals surface area (Å²) in [6.07, 6.45) is 0.989. The van der Waals surface area contributed by atoms with Crippen LogP contribution in [0, 0.1) is 0 Å². The third-order valence-electron chi connectivity index (χ3n) is 3.02. The molecule has 1 aliphatic heterocycles. The monoisotopic (exact) mass is 249 g/mol. The van der Waals surface area contributed by atoms with Crippen LogP contribution in [0.2, 0.25) is 0 Å². The second-order valence-corrected chi connectivity index (χ2v) is 6.65. The highest BCUT2D eigenvalue weighted by atomic mass is 32.2. The van der Waals surface area contributed by atoms with E-state index < -0.39 is 15.4 Å². The second kappa shape index (κ2) is 5.25. The zero-order chi connectivity index (χ0) is 12.2. The summed E-state index contributed by atoms with van der Waals surface area (Å²) in [6, 6.07) is 0. The molecule has 0 saturated carbocycles. The van der Waals surface area contributed by atoms with E-state index in [1.165, 1.54) is 0 Å². The quantitative estimate of drug-likeness (QED) is 0.734. The molecule has 0 radical (unpaired) electrons. The summed E-state index contributed by atoms with van der Waals surface area (Å²) in [5.74, 6) is -0.184. The number of nitrogens with two attached hydrogens (primary N) is 1. The molecule has 0 unspecified atom stereocenters. The molecule has 0 bridgehead atoms. The number of ketones is 1. The van der Waals surface area contributed by atoms with Crippen LogP contribution < -0.4 is 5.73 Å². The first-order valence-electron chi connectivity index (χ1n) is 5.50. The summed E-state index contributed by atoms with van der Waals surface area (Å²) < 4.78 is 27.7. The van der Waals surface area contributed by atoms with Crippen molar-refractivity contribution in [3.05, 3.63) is 0 Å². The van der Waals surface area contributed by atoms with Crippen LogP contribution in [0.5, 0.6) is 0 Å². The normalized spacial score (nSPS) is 20.6. The van der Waals surface area contributed by atoms with Gasteiger partial charge in [-0.25, -0.2) is 8.42 Å². The fraction of sp³-hybridized carbons (Fsp3) is 0.900. The molecule has 6 heteroatoms. The van der Waals surface area contributed by atoms with Gasteiger partial charge in [0.05, 0.1) is 11.3 Å². The van der Waals surface area contributed by atoms with Gasteiger partial charge in [0.15, 0.2) is 5.78 Å². The predicted octanol–water partition coefficient (Wildman–Crippen LogP) is -0.112. The minimum Gasteiger partial charge on any atom is -0.381 e. The van der Waals surface area contributed by atoms with Crippen molar-refractivity contribution in [1.82, 2.24) is 0 Å². The molecular weight excluding hydrogens is 230 g/mol. The summed E-state index contributed by atoms with van der Waals surface area (Å²) in [5, 5.41) is 0. The molecule has 94 valence electrons. The maximum Gasteiger partial charge on any atom is 0.153 e. The molecule has 0 amide bonds. The average Bonchev–Trinajstić information content (AvgIpc) is 2.27. The first-order chi connectivity index (χ1) is 7.40. The molecule has 0 spiro atoms. The van der Waals surface area contributed by atoms with E-state index in [-0.39, 0.29) is 23.7 Å². The lowest BCUT2D eigenvalue weighted by molar-refractivity contribution is -0.127. The second-order valence-electron chi connectivity index (χ2n) is 4.18. The maximum absolute atomic E-state index is 11.8. The maximum atomic E-state index is 11.8. The average molecular weight is 249 g/mol. The van der Waals surface area contributed by atoms with Crippen LogP contribution in [-0.4, -0.2) is 44.5 Å². The Labute approximate surface area is 96.3 Å². The fourth-order valence-electron chi connectivity index (χ4n) is 1.66. The molecule has 16 heavy (non-hydrogen) atoms. The molecule has 1 rings (SSSR count). The Kier molecular flexibility index (Phi) is 4.46. The highest BCUT2D eigenvalue weighted by Crippen LogP contribution is 2.20. The van der Waals surface area contributed by atoms with Gasteiger partial charge in [0.1, 0.15) is 9.84 Å². The zero-order valence-corrected chi connectivity index (χ0v) is 10.4. The molecule has 1 fully saturated rings. The van der Waals surface area contributed by atoms with Gasteiger partial charge < -0.3 is 10.5 Å². The first-order valence-corrected chi connectivity index (χ1v) is 7.32. The molecule has 0 aliphatic carbocycles.